The molecule has 2 aromatic carbocycles. The first-order chi connectivity index (χ1) is 8.47. The molecule has 2 rings (SSSR count). The van der Waals surface area contributed by atoms with Crippen molar-refractivity contribution in [2.24, 2.45) is 0 Å². The molecular weight excluding hydrogens is 325 g/mol. The lowest BCUT2D eigenvalue weighted by atomic mass is 10.2. The summed E-state index contributed by atoms with van der Waals surface area (Å²) in [5.74, 6) is -1.52. The zero-order chi connectivity index (χ0) is 13.3. The first kappa shape index (κ1) is 13.1. The van der Waals surface area contributed by atoms with Gasteiger partial charge in [-0.15, -0.1) is 0 Å². The van der Waals surface area contributed by atoms with Crippen LogP contribution in [0.4, 0.5) is 25.8 Å². The van der Waals surface area contributed by atoms with Crippen LogP contribution in [0.15, 0.2) is 34.8 Å². The minimum Gasteiger partial charge on any atom is -0.395 e. The van der Waals surface area contributed by atoms with Crippen LogP contribution in [-0.4, -0.2) is 0 Å². The smallest absolute Gasteiger partial charge is 0.151 e. The molecule has 0 aliphatic rings. The molecule has 0 unspecified atom stereocenters. The molecule has 6 heteroatoms. The fourth-order valence-corrected chi connectivity index (χ4v) is 1.94. The molecule has 0 heterocycles. The maximum absolute atomic E-state index is 13.3. The Labute approximate surface area is 116 Å². The van der Waals surface area contributed by atoms with Gasteiger partial charge in [-0.25, -0.2) is 8.78 Å². The molecule has 0 fully saturated rings. The van der Waals surface area contributed by atoms with E-state index in [0.717, 1.165) is 12.1 Å². The van der Waals surface area contributed by atoms with Crippen molar-refractivity contribution >= 4 is 44.6 Å². The van der Waals surface area contributed by atoms with Gasteiger partial charge in [0.25, 0.3) is 0 Å². The highest BCUT2D eigenvalue weighted by atomic mass is 79.9. The highest BCUT2D eigenvalue weighted by Crippen LogP contribution is 2.32. The van der Waals surface area contributed by atoms with E-state index in [0.29, 0.717) is 15.2 Å². The first-order valence-electron chi connectivity index (χ1n) is 4.94. The van der Waals surface area contributed by atoms with Crippen molar-refractivity contribution in [2.45, 2.75) is 0 Å². The van der Waals surface area contributed by atoms with Crippen LogP contribution in [0.25, 0.3) is 0 Å². The summed E-state index contributed by atoms with van der Waals surface area (Å²) in [5, 5.41) is 3.32. The highest BCUT2D eigenvalue weighted by Gasteiger charge is 2.10. The van der Waals surface area contributed by atoms with Gasteiger partial charge in [0, 0.05) is 15.6 Å². The average molecular weight is 334 g/mol. The molecular formula is C12H8BrClF2N2. The molecule has 0 radical (unpaired) electrons. The summed E-state index contributed by atoms with van der Waals surface area (Å²) in [6.45, 7) is 0. The molecule has 0 saturated carbocycles. The van der Waals surface area contributed by atoms with Crippen LogP contribution in [-0.2, 0) is 0 Å². The standard InChI is InChI=1S/C12H8BrClF2N2/c13-8-2-1-6(14)3-10(8)18-11-5-7(15)4-9(16)12(11)17/h1-5,18H,17H2. The predicted molar refractivity (Wildman–Crippen MR) is 73.2 cm³/mol. The fraction of sp³-hybridized carbons (Fsp3) is 0. The van der Waals surface area contributed by atoms with Gasteiger partial charge in [0.15, 0.2) is 5.82 Å². The van der Waals surface area contributed by atoms with Crippen molar-refractivity contribution in [1.29, 1.82) is 0 Å². The Morgan fingerprint density at radius 2 is 1.83 bits per heavy atom. The van der Waals surface area contributed by atoms with Gasteiger partial charge < -0.3 is 11.1 Å². The summed E-state index contributed by atoms with van der Waals surface area (Å²) < 4.78 is 27.1. The van der Waals surface area contributed by atoms with E-state index in [-0.39, 0.29) is 11.4 Å². The zero-order valence-electron chi connectivity index (χ0n) is 8.98. The van der Waals surface area contributed by atoms with Gasteiger partial charge in [0.2, 0.25) is 0 Å². The predicted octanol–water partition coefficient (Wildman–Crippen LogP) is 4.71. The van der Waals surface area contributed by atoms with Crippen molar-refractivity contribution in [1.82, 2.24) is 0 Å². The molecule has 18 heavy (non-hydrogen) atoms. The van der Waals surface area contributed by atoms with E-state index >= 15 is 0 Å². The van der Waals surface area contributed by atoms with Crippen LogP contribution >= 0.6 is 27.5 Å². The quantitative estimate of drug-likeness (QED) is 0.781. The summed E-state index contributed by atoms with van der Waals surface area (Å²) in [4.78, 5) is 0. The summed E-state index contributed by atoms with van der Waals surface area (Å²) in [6, 6.07) is 6.87. The van der Waals surface area contributed by atoms with Gasteiger partial charge in [0.05, 0.1) is 17.1 Å². The second-order valence-electron chi connectivity index (χ2n) is 3.60. The number of rotatable bonds is 2. The van der Waals surface area contributed by atoms with E-state index in [4.69, 9.17) is 17.3 Å². The van der Waals surface area contributed by atoms with Crippen molar-refractivity contribution in [3.8, 4) is 0 Å². The third-order valence-electron chi connectivity index (χ3n) is 2.29. The lowest BCUT2D eigenvalue weighted by molar-refractivity contribution is 0.587. The zero-order valence-corrected chi connectivity index (χ0v) is 11.3. The third kappa shape index (κ3) is 2.73. The molecule has 0 spiro atoms. The molecule has 0 atom stereocenters. The number of hydrogen-bond donors (Lipinski definition) is 2. The third-order valence-corrected chi connectivity index (χ3v) is 3.22. The number of benzene rings is 2. The summed E-state index contributed by atoms with van der Waals surface area (Å²) in [6.07, 6.45) is 0. The number of nitrogens with two attached hydrogens (primary N) is 1. The van der Waals surface area contributed by atoms with Gasteiger partial charge in [-0.1, -0.05) is 11.6 Å². The molecule has 0 amide bonds. The fourth-order valence-electron chi connectivity index (χ4n) is 1.43. The van der Waals surface area contributed by atoms with E-state index in [9.17, 15) is 8.78 Å². The van der Waals surface area contributed by atoms with E-state index in [1.165, 1.54) is 0 Å². The van der Waals surface area contributed by atoms with Gasteiger partial charge in [-0.05, 0) is 40.2 Å². The van der Waals surface area contributed by atoms with Crippen LogP contribution in [0, 0.1) is 11.6 Å². The Morgan fingerprint density at radius 3 is 2.56 bits per heavy atom. The SMILES string of the molecule is Nc1c(F)cc(F)cc1Nc1cc(Cl)ccc1Br. The van der Waals surface area contributed by atoms with Crippen LogP contribution in [0.5, 0.6) is 0 Å². The average Bonchev–Trinajstić information content (AvgIpc) is 2.30. The van der Waals surface area contributed by atoms with E-state index < -0.39 is 11.6 Å². The molecule has 0 aliphatic heterocycles. The lowest BCUT2D eigenvalue weighted by Gasteiger charge is -2.12. The van der Waals surface area contributed by atoms with E-state index in [1.54, 1.807) is 18.2 Å². The van der Waals surface area contributed by atoms with Crippen molar-refractivity contribution in [2.75, 3.05) is 11.1 Å². The monoisotopic (exact) mass is 332 g/mol. The normalized spacial score (nSPS) is 10.4. The Morgan fingerprint density at radius 1 is 1.11 bits per heavy atom. The van der Waals surface area contributed by atoms with Gasteiger partial charge in [0.1, 0.15) is 5.82 Å². The van der Waals surface area contributed by atoms with Gasteiger partial charge in [-0.3, -0.25) is 0 Å². The molecule has 0 aliphatic carbocycles. The molecule has 2 aromatic rings. The maximum Gasteiger partial charge on any atom is 0.151 e. The molecule has 94 valence electrons. The number of hydrogen-bond acceptors (Lipinski definition) is 2. The molecule has 0 saturated heterocycles. The minimum absolute atomic E-state index is 0.149. The number of nitrogen functional groups attached to an aromatic ring is 1. The lowest BCUT2D eigenvalue weighted by Crippen LogP contribution is -2.00. The molecule has 0 aromatic heterocycles. The van der Waals surface area contributed by atoms with Crippen molar-refractivity contribution in [3.05, 3.63) is 51.5 Å². The number of anilines is 3. The number of halogens is 4. The second kappa shape index (κ2) is 5.12. The highest BCUT2D eigenvalue weighted by molar-refractivity contribution is 9.10. The van der Waals surface area contributed by atoms with Crippen molar-refractivity contribution < 1.29 is 8.78 Å². The molecule has 0 bridgehead atoms. The van der Waals surface area contributed by atoms with E-state index in [2.05, 4.69) is 21.2 Å². The maximum atomic E-state index is 13.3. The largest absolute Gasteiger partial charge is 0.395 e. The summed E-state index contributed by atoms with van der Waals surface area (Å²) in [7, 11) is 0. The summed E-state index contributed by atoms with van der Waals surface area (Å²) in [5.41, 5.74) is 6.10. The Kier molecular flexibility index (Phi) is 3.73. The Balaban J connectivity index is 2.43. The molecule has 2 nitrogen and oxygen atoms in total. The van der Waals surface area contributed by atoms with Gasteiger partial charge >= 0.3 is 0 Å². The van der Waals surface area contributed by atoms with Crippen LogP contribution < -0.4 is 11.1 Å². The van der Waals surface area contributed by atoms with Crippen LogP contribution in [0.2, 0.25) is 5.02 Å². The molecule has 3 N–H and O–H groups in total. The first-order valence-corrected chi connectivity index (χ1v) is 6.11. The van der Waals surface area contributed by atoms with Crippen LogP contribution in [0.3, 0.4) is 0 Å². The Hall–Kier alpha value is -1.33. The second-order valence-corrected chi connectivity index (χ2v) is 4.89. The van der Waals surface area contributed by atoms with Crippen LogP contribution in [0.1, 0.15) is 0 Å². The van der Waals surface area contributed by atoms with Gasteiger partial charge in [-0.2, -0.15) is 0 Å². The topological polar surface area (TPSA) is 38.0 Å². The number of nitrogens with one attached hydrogen (secondary N) is 1. The summed E-state index contributed by atoms with van der Waals surface area (Å²) >= 11 is 9.15. The minimum atomic E-state index is -0.810. The Bertz CT molecular complexity index is 605. The van der Waals surface area contributed by atoms with Crippen molar-refractivity contribution in [3.63, 3.8) is 0 Å². The van der Waals surface area contributed by atoms with E-state index in [1.807, 2.05) is 0 Å².